The van der Waals surface area contributed by atoms with Crippen LogP contribution >= 0.6 is 23.2 Å². The Balaban J connectivity index is 1.84. The minimum atomic E-state index is -0.292. The Morgan fingerprint density at radius 2 is 2.05 bits per heavy atom. The van der Waals surface area contributed by atoms with Gasteiger partial charge in [-0.1, -0.05) is 23.2 Å². The van der Waals surface area contributed by atoms with Gasteiger partial charge in [-0.05, 0) is 25.0 Å². The van der Waals surface area contributed by atoms with Crippen LogP contribution in [-0.4, -0.2) is 41.6 Å². The van der Waals surface area contributed by atoms with E-state index in [1.807, 2.05) is 4.90 Å². The van der Waals surface area contributed by atoms with Crippen LogP contribution in [0.15, 0.2) is 12.1 Å². The number of nitrogens with one attached hydrogen (secondary N) is 1. The minimum absolute atomic E-state index is 0.0692. The molecule has 116 valence electrons. The summed E-state index contributed by atoms with van der Waals surface area (Å²) in [5.74, 6) is -0.223. The number of nitrogens with zero attached hydrogens (tertiary/aromatic N) is 1. The van der Waals surface area contributed by atoms with E-state index in [1.54, 1.807) is 6.07 Å². The number of phenolic OH excluding ortho intramolecular Hbond substituents is 1. The maximum atomic E-state index is 10.9. The topological polar surface area (TPSA) is 78.6 Å². The third-order valence-electron chi connectivity index (χ3n) is 3.66. The number of piperidine rings is 1. The molecule has 1 fully saturated rings. The van der Waals surface area contributed by atoms with Crippen LogP contribution in [0.25, 0.3) is 0 Å². The summed E-state index contributed by atoms with van der Waals surface area (Å²) < 4.78 is 0. The third-order valence-corrected chi connectivity index (χ3v) is 4.16. The van der Waals surface area contributed by atoms with Crippen molar-refractivity contribution in [2.75, 3.05) is 19.6 Å². The van der Waals surface area contributed by atoms with Crippen molar-refractivity contribution < 1.29 is 9.90 Å². The van der Waals surface area contributed by atoms with Gasteiger partial charge in [0, 0.05) is 36.3 Å². The van der Waals surface area contributed by atoms with Crippen LogP contribution in [0.5, 0.6) is 5.75 Å². The molecule has 0 radical (unpaired) electrons. The van der Waals surface area contributed by atoms with Gasteiger partial charge in [-0.2, -0.15) is 0 Å². The number of rotatable bonds is 5. The lowest BCUT2D eigenvalue weighted by atomic mass is 10.0. The lowest BCUT2D eigenvalue weighted by Gasteiger charge is -2.31. The maximum absolute atomic E-state index is 10.9. The SMILES string of the molecule is NC(=O)CN1CCC(NCc2cc(Cl)cc(Cl)c2O)CC1. The van der Waals surface area contributed by atoms with E-state index in [2.05, 4.69) is 5.32 Å². The van der Waals surface area contributed by atoms with Gasteiger partial charge < -0.3 is 16.2 Å². The van der Waals surface area contributed by atoms with Gasteiger partial charge in [-0.15, -0.1) is 0 Å². The molecule has 1 amide bonds. The van der Waals surface area contributed by atoms with E-state index in [4.69, 9.17) is 28.9 Å². The Morgan fingerprint density at radius 3 is 2.67 bits per heavy atom. The monoisotopic (exact) mass is 331 g/mol. The number of hydrogen-bond donors (Lipinski definition) is 3. The minimum Gasteiger partial charge on any atom is -0.506 e. The Labute approximate surface area is 134 Å². The molecule has 1 heterocycles. The first-order valence-electron chi connectivity index (χ1n) is 6.86. The Bertz CT molecular complexity index is 517. The van der Waals surface area contributed by atoms with Gasteiger partial charge in [0.15, 0.2) is 0 Å². The van der Waals surface area contributed by atoms with E-state index in [9.17, 15) is 9.90 Å². The molecular formula is C14H19Cl2N3O2. The summed E-state index contributed by atoms with van der Waals surface area (Å²) in [6.45, 7) is 2.50. The van der Waals surface area contributed by atoms with Crippen molar-refractivity contribution in [1.29, 1.82) is 0 Å². The number of phenols is 1. The summed E-state index contributed by atoms with van der Waals surface area (Å²) in [4.78, 5) is 12.9. The average Bonchev–Trinajstić information content (AvgIpc) is 2.42. The predicted octanol–water partition coefficient (Wildman–Crippen LogP) is 1.74. The number of nitrogens with two attached hydrogens (primary N) is 1. The van der Waals surface area contributed by atoms with Crippen LogP contribution in [0.1, 0.15) is 18.4 Å². The highest BCUT2D eigenvalue weighted by Gasteiger charge is 2.20. The molecule has 0 spiro atoms. The van der Waals surface area contributed by atoms with Gasteiger partial charge >= 0.3 is 0 Å². The van der Waals surface area contributed by atoms with Crippen molar-refractivity contribution in [2.24, 2.45) is 5.73 Å². The number of carbonyl (C=O) groups is 1. The van der Waals surface area contributed by atoms with Crippen LogP contribution in [0.2, 0.25) is 10.0 Å². The third kappa shape index (κ3) is 4.74. The molecule has 0 aromatic heterocycles. The largest absolute Gasteiger partial charge is 0.506 e. The first kappa shape index (κ1) is 16.4. The van der Waals surface area contributed by atoms with E-state index < -0.39 is 0 Å². The van der Waals surface area contributed by atoms with E-state index >= 15 is 0 Å². The number of halogens is 2. The van der Waals surface area contributed by atoms with Crippen molar-refractivity contribution in [1.82, 2.24) is 10.2 Å². The molecule has 1 aromatic carbocycles. The fourth-order valence-electron chi connectivity index (χ4n) is 2.52. The normalized spacial score (nSPS) is 17.0. The predicted molar refractivity (Wildman–Crippen MR) is 83.6 cm³/mol. The van der Waals surface area contributed by atoms with Crippen molar-refractivity contribution in [3.8, 4) is 5.75 Å². The molecule has 0 saturated carbocycles. The maximum Gasteiger partial charge on any atom is 0.231 e. The smallest absolute Gasteiger partial charge is 0.231 e. The second-order valence-electron chi connectivity index (χ2n) is 5.29. The van der Waals surface area contributed by atoms with E-state index in [0.717, 1.165) is 25.9 Å². The summed E-state index contributed by atoms with van der Waals surface area (Å²) in [7, 11) is 0. The molecule has 2 rings (SSSR count). The van der Waals surface area contributed by atoms with Crippen molar-refractivity contribution in [2.45, 2.75) is 25.4 Å². The standard InChI is InChI=1S/C14H19Cl2N3O2/c15-10-5-9(14(21)12(16)6-10)7-18-11-1-3-19(4-2-11)8-13(17)20/h5-6,11,18,21H,1-4,7-8H2,(H2,17,20). The lowest BCUT2D eigenvalue weighted by Crippen LogP contribution is -2.45. The van der Waals surface area contributed by atoms with E-state index in [0.29, 0.717) is 29.7 Å². The fourth-order valence-corrected chi connectivity index (χ4v) is 3.06. The summed E-state index contributed by atoms with van der Waals surface area (Å²) in [6, 6.07) is 3.56. The van der Waals surface area contributed by atoms with Gasteiger partial charge in [-0.25, -0.2) is 0 Å². The number of aromatic hydroxyl groups is 1. The molecule has 4 N–H and O–H groups in total. The number of benzene rings is 1. The van der Waals surface area contributed by atoms with Crippen LogP contribution in [0.4, 0.5) is 0 Å². The highest BCUT2D eigenvalue weighted by atomic mass is 35.5. The van der Waals surface area contributed by atoms with Gasteiger partial charge in [0.25, 0.3) is 0 Å². The van der Waals surface area contributed by atoms with Crippen molar-refractivity contribution >= 4 is 29.1 Å². The lowest BCUT2D eigenvalue weighted by molar-refractivity contribution is -0.119. The Kier molecular flexibility index (Phi) is 5.70. The second kappa shape index (κ2) is 7.31. The van der Waals surface area contributed by atoms with Gasteiger partial charge in [0.2, 0.25) is 5.91 Å². The van der Waals surface area contributed by atoms with Gasteiger partial charge in [-0.3, -0.25) is 9.69 Å². The summed E-state index contributed by atoms with van der Waals surface area (Å²) >= 11 is 11.8. The fraction of sp³-hybridized carbons (Fsp3) is 0.500. The summed E-state index contributed by atoms with van der Waals surface area (Å²) in [5, 5.41) is 14.1. The molecule has 7 heteroatoms. The van der Waals surface area contributed by atoms with Gasteiger partial charge in [0.05, 0.1) is 11.6 Å². The summed E-state index contributed by atoms with van der Waals surface area (Å²) in [5.41, 5.74) is 5.88. The average molecular weight is 332 g/mol. The molecule has 5 nitrogen and oxygen atoms in total. The summed E-state index contributed by atoms with van der Waals surface area (Å²) in [6.07, 6.45) is 1.87. The first-order chi connectivity index (χ1) is 9.95. The highest BCUT2D eigenvalue weighted by molar-refractivity contribution is 6.35. The quantitative estimate of drug-likeness (QED) is 0.767. The molecule has 0 aliphatic carbocycles. The van der Waals surface area contributed by atoms with Crippen LogP contribution in [0.3, 0.4) is 0 Å². The second-order valence-corrected chi connectivity index (χ2v) is 6.14. The van der Waals surface area contributed by atoms with Crippen LogP contribution in [-0.2, 0) is 11.3 Å². The molecule has 0 unspecified atom stereocenters. The van der Waals surface area contributed by atoms with E-state index in [1.165, 1.54) is 6.07 Å². The highest BCUT2D eigenvalue weighted by Crippen LogP contribution is 2.31. The zero-order valence-corrected chi connectivity index (χ0v) is 13.1. The molecule has 1 aliphatic heterocycles. The van der Waals surface area contributed by atoms with E-state index in [-0.39, 0.29) is 16.7 Å². The number of likely N-dealkylation sites (tertiary alicyclic amines) is 1. The molecule has 1 aliphatic rings. The number of amides is 1. The number of primary amides is 1. The van der Waals surface area contributed by atoms with Crippen LogP contribution < -0.4 is 11.1 Å². The van der Waals surface area contributed by atoms with Crippen molar-refractivity contribution in [3.63, 3.8) is 0 Å². The molecule has 21 heavy (non-hydrogen) atoms. The first-order valence-corrected chi connectivity index (χ1v) is 7.62. The number of hydrogen-bond acceptors (Lipinski definition) is 4. The van der Waals surface area contributed by atoms with Crippen molar-refractivity contribution in [3.05, 3.63) is 27.7 Å². The van der Waals surface area contributed by atoms with Crippen LogP contribution in [0, 0.1) is 0 Å². The molecule has 1 aromatic rings. The Hall–Kier alpha value is -1.01. The molecule has 0 bridgehead atoms. The van der Waals surface area contributed by atoms with Gasteiger partial charge in [0.1, 0.15) is 5.75 Å². The zero-order chi connectivity index (χ0) is 15.4. The molecule has 1 saturated heterocycles. The number of carbonyl (C=O) groups excluding carboxylic acids is 1. The molecule has 0 atom stereocenters. The molecular weight excluding hydrogens is 313 g/mol. The Morgan fingerprint density at radius 1 is 1.38 bits per heavy atom. The zero-order valence-electron chi connectivity index (χ0n) is 11.6.